The van der Waals surface area contributed by atoms with Crippen LogP contribution >= 0.6 is 11.8 Å². The Hall–Kier alpha value is -1.00. The van der Waals surface area contributed by atoms with Crippen molar-refractivity contribution in [2.45, 2.75) is 19.1 Å². The lowest BCUT2D eigenvalue weighted by Gasteiger charge is -2.11. The second kappa shape index (κ2) is 6.55. The van der Waals surface area contributed by atoms with E-state index < -0.39 is 0 Å². The summed E-state index contributed by atoms with van der Waals surface area (Å²) in [6, 6.07) is 7.70. The van der Waals surface area contributed by atoms with Crippen LogP contribution in [0.1, 0.15) is 24.7 Å². The summed E-state index contributed by atoms with van der Waals surface area (Å²) in [7, 11) is 1.58. The number of benzene rings is 1. The van der Waals surface area contributed by atoms with E-state index in [-0.39, 0.29) is 17.2 Å². The number of methoxy groups -OCH3 is 1. The largest absolute Gasteiger partial charge is 0.468 e. The number of carbonyl (C=O) groups is 1. The number of ether oxygens (including phenoxy) is 2. The van der Waals surface area contributed by atoms with E-state index >= 15 is 0 Å². The van der Waals surface area contributed by atoms with E-state index in [0.29, 0.717) is 0 Å². The predicted octanol–water partition coefficient (Wildman–Crippen LogP) is 3.01. The predicted molar refractivity (Wildman–Crippen MR) is 65.6 cm³/mol. The molecule has 0 radical (unpaired) electrons. The van der Waals surface area contributed by atoms with Crippen molar-refractivity contribution in [3.63, 3.8) is 0 Å². The molecule has 1 aromatic carbocycles. The molecule has 0 aliphatic rings. The van der Waals surface area contributed by atoms with Gasteiger partial charge in [-0.25, -0.2) is 0 Å². The van der Waals surface area contributed by atoms with E-state index in [2.05, 4.69) is 0 Å². The number of hydrogen-bond acceptors (Lipinski definition) is 4. The van der Waals surface area contributed by atoms with Crippen LogP contribution in [0.3, 0.4) is 0 Å². The van der Waals surface area contributed by atoms with E-state index in [4.69, 9.17) is 9.47 Å². The number of rotatable bonds is 5. The lowest BCUT2D eigenvalue weighted by molar-refractivity contribution is -0.109. The first-order chi connectivity index (χ1) is 7.63. The molecule has 0 spiro atoms. The molecule has 1 rings (SSSR count). The van der Waals surface area contributed by atoms with Gasteiger partial charge in [-0.05, 0) is 24.6 Å². The summed E-state index contributed by atoms with van der Waals surface area (Å²) in [5.41, 5.74) is 1.08. The highest BCUT2D eigenvalue weighted by atomic mass is 32.2. The van der Waals surface area contributed by atoms with E-state index in [0.717, 1.165) is 11.3 Å². The minimum Gasteiger partial charge on any atom is -0.468 e. The van der Waals surface area contributed by atoms with Crippen molar-refractivity contribution >= 4 is 16.9 Å². The van der Waals surface area contributed by atoms with Crippen molar-refractivity contribution in [3.05, 3.63) is 29.8 Å². The Morgan fingerprint density at radius 1 is 1.50 bits per heavy atom. The Labute approximate surface area is 100 Å². The van der Waals surface area contributed by atoms with Crippen LogP contribution in [-0.4, -0.2) is 19.0 Å². The van der Waals surface area contributed by atoms with E-state index in [9.17, 15) is 4.79 Å². The standard InChI is InChI=1S/C12H16O3S/c1-9(16-10(2)13)11-5-4-6-12(7-11)15-8-14-3/h4-7,9H,8H2,1-3H3. The third kappa shape index (κ3) is 4.24. The summed E-state index contributed by atoms with van der Waals surface area (Å²) in [5.74, 6) is 0.760. The van der Waals surface area contributed by atoms with Gasteiger partial charge in [-0.3, -0.25) is 4.79 Å². The van der Waals surface area contributed by atoms with Crippen molar-refractivity contribution in [2.75, 3.05) is 13.9 Å². The molecule has 1 unspecified atom stereocenters. The van der Waals surface area contributed by atoms with Crippen molar-refractivity contribution in [3.8, 4) is 5.75 Å². The molecular formula is C12H16O3S. The number of hydrogen-bond donors (Lipinski definition) is 0. The van der Waals surface area contributed by atoms with Gasteiger partial charge in [-0.1, -0.05) is 23.9 Å². The Balaban J connectivity index is 2.69. The van der Waals surface area contributed by atoms with Crippen LogP contribution in [0.25, 0.3) is 0 Å². The summed E-state index contributed by atoms with van der Waals surface area (Å²) in [5, 5.41) is 0.263. The summed E-state index contributed by atoms with van der Waals surface area (Å²) in [6.45, 7) is 3.81. The second-order valence-electron chi connectivity index (χ2n) is 3.38. The Morgan fingerprint density at radius 2 is 2.25 bits per heavy atom. The average Bonchev–Trinajstić information content (AvgIpc) is 2.26. The molecule has 88 valence electrons. The van der Waals surface area contributed by atoms with Crippen LogP contribution < -0.4 is 4.74 Å². The molecule has 0 N–H and O–H groups in total. The summed E-state index contributed by atoms with van der Waals surface area (Å²) >= 11 is 1.31. The molecule has 1 aromatic rings. The fraction of sp³-hybridized carbons (Fsp3) is 0.417. The summed E-state index contributed by atoms with van der Waals surface area (Å²) in [4.78, 5) is 11.0. The Kier molecular flexibility index (Phi) is 5.35. The SMILES string of the molecule is COCOc1cccc(C(C)SC(C)=O)c1. The van der Waals surface area contributed by atoms with Gasteiger partial charge in [0.2, 0.25) is 0 Å². The van der Waals surface area contributed by atoms with Gasteiger partial charge in [0, 0.05) is 19.3 Å². The molecule has 0 fully saturated rings. The highest BCUT2D eigenvalue weighted by Gasteiger charge is 2.09. The van der Waals surface area contributed by atoms with Crippen molar-refractivity contribution < 1.29 is 14.3 Å². The van der Waals surface area contributed by atoms with Crippen LogP contribution in [0.2, 0.25) is 0 Å². The van der Waals surface area contributed by atoms with Gasteiger partial charge in [0.1, 0.15) is 5.75 Å². The number of carbonyl (C=O) groups excluding carboxylic acids is 1. The lowest BCUT2D eigenvalue weighted by Crippen LogP contribution is -2.00. The normalized spacial score (nSPS) is 12.2. The molecular weight excluding hydrogens is 224 g/mol. The van der Waals surface area contributed by atoms with Crippen LogP contribution in [0.15, 0.2) is 24.3 Å². The van der Waals surface area contributed by atoms with Crippen LogP contribution in [-0.2, 0) is 9.53 Å². The first-order valence-corrected chi connectivity index (χ1v) is 5.90. The zero-order valence-corrected chi connectivity index (χ0v) is 10.5. The van der Waals surface area contributed by atoms with E-state index in [1.165, 1.54) is 11.8 Å². The highest BCUT2D eigenvalue weighted by Crippen LogP contribution is 2.30. The van der Waals surface area contributed by atoms with Crippen molar-refractivity contribution in [1.82, 2.24) is 0 Å². The molecule has 0 aliphatic carbocycles. The zero-order valence-electron chi connectivity index (χ0n) is 9.73. The van der Waals surface area contributed by atoms with Crippen molar-refractivity contribution in [2.24, 2.45) is 0 Å². The third-order valence-corrected chi connectivity index (χ3v) is 2.97. The van der Waals surface area contributed by atoms with Gasteiger partial charge in [0.15, 0.2) is 11.9 Å². The molecule has 1 atom stereocenters. The van der Waals surface area contributed by atoms with Gasteiger partial charge in [0.05, 0.1) is 0 Å². The Bertz CT molecular complexity index is 352. The maximum absolute atomic E-state index is 11.0. The van der Waals surface area contributed by atoms with Gasteiger partial charge in [-0.15, -0.1) is 0 Å². The second-order valence-corrected chi connectivity index (χ2v) is 4.89. The fourth-order valence-electron chi connectivity index (χ4n) is 1.30. The molecule has 3 nitrogen and oxygen atoms in total. The number of thioether (sulfide) groups is 1. The third-order valence-electron chi connectivity index (χ3n) is 2.01. The fourth-order valence-corrected chi connectivity index (χ4v) is 2.08. The molecule has 16 heavy (non-hydrogen) atoms. The van der Waals surface area contributed by atoms with Gasteiger partial charge < -0.3 is 9.47 Å². The Morgan fingerprint density at radius 3 is 2.88 bits per heavy atom. The van der Waals surface area contributed by atoms with Crippen molar-refractivity contribution in [1.29, 1.82) is 0 Å². The first kappa shape index (κ1) is 13.1. The van der Waals surface area contributed by atoms with Crippen LogP contribution in [0, 0.1) is 0 Å². The highest BCUT2D eigenvalue weighted by molar-refractivity contribution is 8.13. The molecule has 0 amide bonds. The summed E-state index contributed by atoms with van der Waals surface area (Å²) < 4.78 is 10.2. The minimum atomic E-state index is 0.121. The monoisotopic (exact) mass is 240 g/mol. The maximum Gasteiger partial charge on any atom is 0.188 e. The van der Waals surface area contributed by atoms with E-state index in [1.54, 1.807) is 14.0 Å². The maximum atomic E-state index is 11.0. The van der Waals surface area contributed by atoms with Crippen LogP contribution in [0.5, 0.6) is 5.75 Å². The van der Waals surface area contributed by atoms with Gasteiger partial charge >= 0.3 is 0 Å². The molecule has 0 bridgehead atoms. The topological polar surface area (TPSA) is 35.5 Å². The first-order valence-electron chi connectivity index (χ1n) is 5.02. The molecule has 4 heteroatoms. The molecule has 0 aliphatic heterocycles. The zero-order chi connectivity index (χ0) is 12.0. The molecule has 0 heterocycles. The van der Waals surface area contributed by atoms with Crippen LogP contribution in [0.4, 0.5) is 0 Å². The van der Waals surface area contributed by atoms with Gasteiger partial charge in [0.25, 0.3) is 0 Å². The molecule has 0 saturated heterocycles. The minimum absolute atomic E-state index is 0.121. The smallest absolute Gasteiger partial charge is 0.188 e. The average molecular weight is 240 g/mol. The molecule has 0 saturated carbocycles. The molecule has 0 aromatic heterocycles. The lowest BCUT2D eigenvalue weighted by atomic mass is 10.1. The van der Waals surface area contributed by atoms with Gasteiger partial charge in [-0.2, -0.15) is 0 Å². The van der Waals surface area contributed by atoms with E-state index in [1.807, 2.05) is 31.2 Å². The summed E-state index contributed by atoms with van der Waals surface area (Å²) in [6.07, 6.45) is 0. The quantitative estimate of drug-likeness (QED) is 0.741.